The molecule has 2 aliphatic heterocycles. The predicted octanol–water partition coefficient (Wildman–Crippen LogP) is 2.72. The van der Waals surface area contributed by atoms with E-state index in [-0.39, 0.29) is 6.10 Å². The lowest BCUT2D eigenvalue weighted by Crippen LogP contribution is -2.39. The highest BCUT2D eigenvalue weighted by atomic mass is 35.5. The van der Waals surface area contributed by atoms with E-state index in [1.165, 1.54) is 0 Å². The van der Waals surface area contributed by atoms with Gasteiger partial charge in [-0.05, 0) is 37.1 Å². The molecule has 0 bridgehead atoms. The Bertz CT molecular complexity index is 760. The molecule has 2 fully saturated rings. The summed E-state index contributed by atoms with van der Waals surface area (Å²) in [6.45, 7) is 4.36. The maximum atomic E-state index is 9.79. The second kappa shape index (κ2) is 8.29. The van der Waals surface area contributed by atoms with Gasteiger partial charge in [-0.3, -0.25) is 0 Å². The summed E-state index contributed by atoms with van der Waals surface area (Å²) in [4.78, 5) is 13.7. The van der Waals surface area contributed by atoms with Gasteiger partial charge >= 0.3 is 0 Å². The first-order valence-corrected chi connectivity index (χ1v) is 9.63. The van der Waals surface area contributed by atoms with E-state index in [0.29, 0.717) is 35.8 Å². The first kappa shape index (κ1) is 18.3. The number of nitrogens with zero attached hydrogens (tertiary/aromatic N) is 4. The summed E-state index contributed by atoms with van der Waals surface area (Å²) in [7, 11) is 0. The van der Waals surface area contributed by atoms with Crippen molar-refractivity contribution in [2.75, 3.05) is 49.2 Å². The summed E-state index contributed by atoms with van der Waals surface area (Å²) in [5.74, 6) is 2.63. The topological polar surface area (TPSA) is 71.0 Å². The van der Waals surface area contributed by atoms with Crippen LogP contribution in [0.5, 0.6) is 11.6 Å². The molecule has 27 heavy (non-hydrogen) atoms. The molecule has 2 aromatic rings. The highest BCUT2D eigenvalue weighted by Gasteiger charge is 2.22. The number of aliphatic hydroxyl groups is 1. The molecular formula is C19H23ClN4O3. The number of hydrogen-bond acceptors (Lipinski definition) is 7. The van der Waals surface area contributed by atoms with E-state index in [0.717, 1.165) is 44.8 Å². The molecule has 2 aliphatic rings. The van der Waals surface area contributed by atoms with Crippen molar-refractivity contribution in [3.63, 3.8) is 0 Å². The Kier molecular flexibility index (Phi) is 5.61. The number of aromatic nitrogens is 2. The Morgan fingerprint density at radius 3 is 2.41 bits per heavy atom. The van der Waals surface area contributed by atoms with Gasteiger partial charge < -0.3 is 24.4 Å². The number of morpholine rings is 1. The van der Waals surface area contributed by atoms with Crippen LogP contribution in [0.15, 0.2) is 30.3 Å². The van der Waals surface area contributed by atoms with Crippen molar-refractivity contribution in [3.8, 4) is 11.6 Å². The number of aliphatic hydroxyl groups excluding tert-OH is 1. The van der Waals surface area contributed by atoms with Crippen LogP contribution in [0.3, 0.4) is 0 Å². The number of ether oxygens (including phenoxy) is 2. The molecule has 0 atom stereocenters. The number of rotatable bonds is 4. The third-order valence-electron chi connectivity index (χ3n) is 4.80. The molecule has 0 aliphatic carbocycles. The summed E-state index contributed by atoms with van der Waals surface area (Å²) in [6.07, 6.45) is 1.25. The predicted molar refractivity (Wildman–Crippen MR) is 104 cm³/mol. The van der Waals surface area contributed by atoms with Gasteiger partial charge in [-0.15, -0.1) is 0 Å². The van der Waals surface area contributed by atoms with E-state index < -0.39 is 0 Å². The van der Waals surface area contributed by atoms with Crippen molar-refractivity contribution in [2.45, 2.75) is 18.9 Å². The third kappa shape index (κ3) is 4.61. The molecule has 0 amide bonds. The van der Waals surface area contributed by atoms with Gasteiger partial charge in [-0.1, -0.05) is 11.6 Å². The second-order valence-corrected chi connectivity index (χ2v) is 7.17. The fourth-order valence-corrected chi connectivity index (χ4v) is 3.36. The van der Waals surface area contributed by atoms with Crippen LogP contribution in [0, 0.1) is 0 Å². The number of hydrogen-bond donors (Lipinski definition) is 1. The zero-order valence-corrected chi connectivity index (χ0v) is 15.8. The number of halogens is 1. The number of benzene rings is 1. The minimum absolute atomic E-state index is 0.230. The zero-order valence-electron chi connectivity index (χ0n) is 15.1. The van der Waals surface area contributed by atoms with Gasteiger partial charge in [0.1, 0.15) is 11.6 Å². The highest BCUT2D eigenvalue weighted by molar-refractivity contribution is 6.30. The molecular weight excluding hydrogens is 368 g/mol. The molecule has 1 aromatic heterocycles. The molecule has 0 radical (unpaired) electrons. The van der Waals surface area contributed by atoms with E-state index in [2.05, 4.69) is 14.8 Å². The van der Waals surface area contributed by atoms with E-state index in [4.69, 9.17) is 26.1 Å². The fourth-order valence-electron chi connectivity index (χ4n) is 3.24. The smallest absolute Gasteiger partial charge is 0.230 e. The van der Waals surface area contributed by atoms with Gasteiger partial charge in [0, 0.05) is 37.3 Å². The molecule has 8 heteroatoms. The van der Waals surface area contributed by atoms with Crippen LogP contribution in [0.4, 0.5) is 11.8 Å². The lowest BCUT2D eigenvalue weighted by atomic mass is 10.1. The first-order valence-electron chi connectivity index (χ1n) is 9.25. The fraction of sp³-hybridized carbons (Fsp3) is 0.474. The van der Waals surface area contributed by atoms with Crippen molar-refractivity contribution in [2.24, 2.45) is 0 Å². The second-order valence-electron chi connectivity index (χ2n) is 6.74. The molecule has 7 nitrogen and oxygen atoms in total. The Labute approximate surface area is 163 Å². The van der Waals surface area contributed by atoms with E-state index in [1.807, 2.05) is 18.2 Å². The van der Waals surface area contributed by atoms with Crippen molar-refractivity contribution in [1.29, 1.82) is 0 Å². The Morgan fingerprint density at radius 2 is 1.70 bits per heavy atom. The molecule has 1 aromatic carbocycles. The summed E-state index contributed by atoms with van der Waals surface area (Å²) in [5, 5.41) is 10.4. The summed E-state index contributed by atoms with van der Waals surface area (Å²) >= 11 is 5.95. The molecule has 4 rings (SSSR count). The minimum atomic E-state index is -0.230. The van der Waals surface area contributed by atoms with Crippen molar-refractivity contribution in [3.05, 3.63) is 35.4 Å². The van der Waals surface area contributed by atoms with Crippen LogP contribution in [0.25, 0.3) is 0 Å². The van der Waals surface area contributed by atoms with Gasteiger partial charge in [0.05, 0.1) is 19.3 Å². The van der Waals surface area contributed by atoms with Gasteiger partial charge in [0.25, 0.3) is 0 Å². The van der Waals surface area contributed by atoms with Crippen molar-refractivity contribution in [1.82, 2.24) is 9.97 Å². The third-order valence-corrected chi connectivity index (χ3v) is 5.05. The average molecular weight is 391 g/mol. The Balaban J connectivity index is 1.62. The minimum Gasteiger partial charge on any atom is -0.439 e. The van der Waals surface area contributed by atoms with E-state index >= 15 is 0 Å². The normalized spacial score (nSPS) is 18.6. The molecule has 3 heterocycles. The summed E-state index contributed by atoms with van der Waals surface area (Å²) in [6, 6.07) is 9.06. The summed E-state index contributed by atoms with van der Waals surface area (Å²) < 4.78 is 11.4. The molecule has 0 unspecified atom stereocenters. The molecule has 144 valence electrons. The van der Waals surface area contributed by atoms with Gasteiger partial charge in [-0.25, -0.2) is 0 Å². The molecule has 2 saturated heterocycles. The van der Waals surface area contributed by atoms with Crippen LogP contribution in [0.2, 0.25) is 5.02 Å². The van der Waals surface area contributed by atoms with Crippen LogP contribution in [-0.4, -0.2) is 60.6 Å². The lowest BCUT2D eigenvalue weighted by molar-refractivity contribution is 0.122. The Morgan fingerprint density at radius 1 is 1.00 bits per heavy atom. The highest BCUT2D eigenvalue weighted by Crippen LogP contribution is 2.28. The largest absolute Gasteiger partial charge is 0.439 e. The molecule has 1 N–H and O–H groups in total. The SMILES string of the molecule is OC1CCN(c2cc(Oc3ccc(Cl)cc3)nc(N3CCOCC3)n2)CC1. The Hall–Kier alpha value is -2.09. The van der Waals surface area contributed by atoms with Gasteiger partial charge in [0.15, 0.2) is 0 Å². The van der Waals surface area contributed by atoms with Crippen molar-refractivity contribution < 1.29 is 14.6 Å². The van der Waals surface area contributed by atoms with E-state index in [9.17, 15) is 5.11 Å². The lowest BCUT2D eigenvalue weighted by Gasteiger charge is -2.32. The standard InChI is InChI=1S/C19H23ClN4O3/c20-14-1-3-16(4-2-14)27-18-13-17(23-7-5-15(25)6-8-23)21-19(22-18)24-9-11-26-12-10-24/h1-4,13,15,25H,5-12H2. The number of piperidine rings is 1. The maximum Gasteiger partial charge on any atom is 0.230 e. The first-order chi connectivity index (χ1) is 13.2. The number of anilines is 2. The van der Waals surface area contributed by atoms with Gasteiger partial charge in [0.2, 0.25) is 11.8 Å². The molecule has 0 saturated carbocycles. The van der Waals surface area contributed by atoms with Crippen LogP contribution < -0.4 is 14.5 Å². The quantitative estimate of drug-likeness (QED) is 0.860. The molecule has 0 spiro atoms. The van der Waals surface area contributed by atoms with Crippen LogP contribution >= 0.6 is 11.6 Å². The van der Waals surface area contributed by atoms with Crippen LogP contribution in [0.1, 0.15) is 12.8 Å². The van der Waals surface area contributed by atoms with Crippen LogP contribution in [-0.2, 0) is 4.74 Å². The monoisotopic (exact) mass is 390 g/mol. The average Bonchev–Trinajstić information content (AvgIpc) is 2.71. The zero-order chi connectivity index (χ0) is 18.6. The van der Waals surface area contributed by atoms with Crippen molar-refractivity contribution >= 4 is 23.4 Å². The maximum absolute atomic E-state index is 9.79. The summed E-state index contributed by atoms with van der Waals surface area (Å²) in [5.41, 5.74) is 0. The van der Waals surface area contributed by atoms with E-state index in [1.54, 1.807) is 12.1 Å². The van der Waals surface area contributed by atoms with Gasteiger partial charge in [-0.2, -0.15) is 9.97 Å².